The van der Waals surface area contributed by atoms with Crippen molar-refractivity contribution < 1.29 is 14.7 Å². The van der Waals surface area contributed by atoms with Crippen molar-refractivity contribution in [2.75, 3.05) is 19.6 Å². The number of β-amino-alcohol motifs (C(OH)–C–C–N with tert-alkyl or cyclic N) is 1. The van der Waals surface area contributed by atoms with E-state index < -0.39 is 11.5 Å². The van der Waals surface area contributed by atoms with Crippen LogP contribution in [0.1, 0.15) is 47.0 Å². The van der Waals surface area contributed by atoms with Crippen LogP contribution in [0.4, 0.5) is 0 Å². The van der Waals surface area contributed by atoms with Crippen LogP contribution in [0.15, 0.2) is 0 Å². The molecule has 1 saturated heterocycles. The van der Waals surface area contributed by atoms with Crippen molar-refractivity contribution in [3.63, 3.8) is 0 Å². The Hall–Kier alpha value is -1.10. The van der Waals surface area contributed by atoms with E-state index in [1.807, 2.05) is 27.7 Å². The van der Waals surface area contributed by atoms with Crippen LogP contribution in [-0.4, -0.2) is 47.6 Å². The Morgan fingerprint density at radius 3 is 2.55 bits per heavy atom. The van der Waals surface area contributed by atoms with Crippen LogP contribution in [0.25, 0.3) is 0 Å². The van der Waals surface area contributed by atoms with Crippen molar-refractivity contribution in [1.29, 1.82) is 0 Å². The Morgan fingerprint density at radius 2 is 2.00 bits per heavy atom. The zero-order chi connectivity index (χ0) is 15.3. The molecule has 1 aliphatic rings. The number of hydrogen-bond acceptors (Lipinski definition) is 3. The van der Waals surface area contributed by atoms with Gasteiger partial charge in [0.05, 0.1) is 6.10 Å². The number of nitrogens with zero attached hydrogens (tertiary/aromatic N) is 1. The molecule has 1 fully saturated rings. The number of carbonyl (C=O) groups is 2. The lowest BCUT2D eigenvalue weighted by Gasteiger charge is -2.34. The average Bonchev–Trinajstić information content (AvgIpc) is 2.36. The number of rotatable bonds is 4. The number of aliphatic hydroxyl groups excluding tert-OH is 1. The Morgan fingerprint density at radius 1 is 1.35 bits per heavy atom. The third kappa shape index (κ3) is 5.12. The van der Waals surface area contributed by atoms with Crippen molar-refractivity contribution in [1.82, 2.24) is 10.2 Å². The summed E-state index contributed by atoms with van der Waals surface area (Å²) in [5.41, 5.74) is -0.392. The third-order valence-corrected chi connectivity index (χ3v) is 3.81. The quantitative estimate of drug-likeness (QED) is 0.761. The van der Waals surface area contributed by atoms with E-state index >= 15 is 0 Å². The number of piperidine rings is 1. The van der Waals surface area contributed by atoms with Gasteiger partial charge in [0.15, 0.2) is 0 Å². The van der Waals surface area contributed by atoms with Gasteiger partial charge in [-0.1, -0.05) is 27.7 Å². The van der Waals surface area contributed by atoms with E-state index in [0.29, 0.717) is 25.9 Å². The molecule has 2 unspecified atom stereocenters. The molecule has 20 heavy (non-hydrogen) atoms. The number of aliphatic hydroxyl groups is 1. The summed E-state index contributed by atoms with van der Waals surface area (Å²) in [6, 6.07) is 0. The molecule has 0 spiro atoms. The Kier molecular flexibility index (Phi) is 5.99. The fourth-order valence-electron chi connectivity index (χ4n) is 2.14. The molecule has 0 aromatic carbocycles. The normalized spacial score (nSPS) is 23.6. The summed E-state index contributed by atoms with van der Waals surface area (Å²) in [4.78, 5) is 25.4. The highest BCUT2D eigenvalue weighted by Crippen LogP contribution is 2.18. The molecule has 5 heteroatoms. The van der Waals surface area contributed by atoms with E-state index in [1.165, 1.54) is 0 Å². The number of amides is 2. The van der Waals surface area contributed by atoms with E-state index in [-0.39, 0.29) is 17.7 Å². The number of likely N-dealkylation sites (tertiary alicyclic amines) is 1. The van der Waals surface area contributed by atoms with E-state index in [0.717, 1.165) is 13.0 Å². The molecule has 1 heterocycles. The second-order valence-electron chi connectivity index (χ2n) is 6.78. The predicted molar refractivity (Wildman–Crippen MR) is 78.1 cm³/mol. The van der Waals surface area contributed by atoms with Crippen molar-refractivity contribution in [3.05, 3.63) is 0 Å². The fraction of sp³-hybridized carbons (Fsp3) is 0.867. The number of nitrogens with one attached hydrogen (secondary N) is 1. The first-order valence-corrected chi connectivity index (χ1v) is 7.46. The number of carbonyl (C=O) groups excluding carboxylic acids is 2. The van der Waals surface area contributed by atoms with E-state index in [9.17, 15) is 14.7 Å². The molecule has 2 N–H and O–H groups in total. The van der Waals surface area contributed by atoms with Gasteiger partial charge >= 0.3 is 0 Å². The molecule has 0 aliphatic carbocycles. The van der Waals surface area contributed by atoms with E-state index in [2.05, 4.69) is 5.32 Å². The molecule has 0 aromatic heterocycles. The van der Waals surface area contributed by atoms with E-state index in [1.54, 1.807) is 4.90 Å². The number of hydrogen-bond donors (Lipinski definition) is 2. The molecular weight excluding hydrogens is 256 g/mol. The largest absolute Gasteiger partial charge is 0.391 e. The second kappa shape index (κ2) is 7.07. The van der Waals surface area contributed by atoms with Gasteiger partial charge in [0.2, 0.25) is 11.8 Å². The van der Waals surface area contributed by atoms with Crippen molar-refractivity contribution in [2.24, 2.45) is 11.3 Å². The SMILES string of the molecule is CC1CCN(C(=O)CCCNC(=O)C(C)(C)C)CC1O. The van der Waals surface area contributed by atoms with Crippen LogP contribution in [0, 0.1) is 11.3 Å². The van der Waals surface area contributed by atoms with Gasteiger partial charge in [-0.05, 0) is 18.8 Å². The Labute approximate surface area is 121 Å². The van der Waals surface area contributed by atoms with Gasteiger partial charge in [-0.3, -0.25) is 9.59 Å². The van der Waals surface area contributed by atoms with Crippen LogP contribution in [0.3, 0.4) is 0 Å². The monoisotopic (exact) mass is 284 g/mol. The van der Waals surface area contributed by atoms with Crippen LogP contribution in [-0.2, 0) is 9.59 Å². The van der Waals surface area contributed by atoms with Crippen LogP contribution >= 0.6 is 0 Å². The highest BCUT2D eigenvalue weighted by molar-refractivity contribution is 5.81. The summed E-state index contributed by atoms with van der Waals surface area (Å²) >= 11 is 0. The Balaban J connectivity index is 2.22. The maximum Gasteiger partial charge on any atom is 0.225 e. The Bertz CT molecular complexity index is 350. The molecule has 0 radical (unpaired) electrons. The molecule has 1 aliphatic heterocycles. The van der Waals surface area contributed by atoms with Gasteiger partial charge in [0, 0.05) is 31.5 Å². The molecule has 1 rings (SSSR count). The molecule has 116 valence electrons. The minimum atomic E-state index is -0.409. The summed E-state index contributed by atoms with van der Waals surface area (Å²) in [7, 11) is 0. The molecule has 0 bridgehead atoms. The first-order chi connectivity index (χ1) is 9.21. The van der Waals surface area contributed by atoms with Gasteiger partial charge in [-0.15, -0.1) is 0 Å². The highest BCUT2D eigenvalue weighted by Gasteiger charge is 2.27. The standard InChI is InChI=1S/C15H28N2O3/c1-11-7-9-17(10-12(11)18)13(19)6-5-8-16-14(20)15(2,3)4/h11-12,18H,5-10H2,1-4H3,(H,16,20). The zero-order valence-electron chi connectivity index (χ0n) is 13.1. The summed E-state index contributed by atoms with van der Waals surface area (Å²) in [6.45, 7) is 9.29. The molecular formula is C15H28N2O3. The summed E-state index contributed by atoms with van der Waals surface area (Å²) < 4.78 is 0. The van der Waals surface area contributed by atoms with E-state index in [4.69, 9.17) is 0 Å². The average molecular weight is 284 g/mol. The molecule has 0 saturated carbocycles. The van der Waals surface area contributed by atoms with Gasteiger partial charge in [0.1, 0.15) is 0 Å². The molecule has 5 nitrogen and oxygen atoms in total. The summed E-state index contributed by atoms with van der Waals surface area (Å²) in [5, 5.41) is 12.6. The van der Waals surface area contributed by atoms with Gasteiger partial charge in [-0.25, -0.2) is 0 Å². The molecule has 2 amide bonds. The second-order valence-corrected chi connectivity index (χ2v) is 6.78. The van der Waals surface area contributed by atoms with Crippen molar-refractivity contribution in [2.45, 2.75) is 53.1 Å². The van der Waals surface area contributed by atoms with Gasteiger partial charge in [0.25, 0.3) is 0 Å². The van der Waals surface area contributed by atoms with Gasteiger partial charge < -0.3 is 15.3 Å². The maximum atomic E-state index is 12.0. The lowest BCUT2D eigenvalue weighted by Crippen LogP contribution is -2.46. The minimum Gasteiger partial charge on any atom is -0.391 e. The third-order valence-electron chi connectivity index (χ3n) is 3.81. The molecule has 2 atom stereocenters. The first kappa shape index (κ1) is 17.0. The predicted octanol–water partition coefficient (Wildman–Crippen LogP) is 1.16. The first-order valence-electron chi connectivity index (χ1n) is 7.46. The van der Waals surface area contributed by atoms with Crippen molar-refractivity contribution in [3.8, 4) is 0 Å². The highest BCUT2D eigenvalue weighted by atomic mass is 16.3. The van der Waals surface area contributed by atoms with Crippen LogP contribution in [0.2, 0.25) is 0 Å². The lowest BCUT2D eigenvalue weighted by molar-refractivity contribution is -0.135. The van der Waals surface area contributed by atoms with Crippen LogP contribution < -0.4 is 5.32 Å². The van der Waals surface area contributed by atoms with Gasteiger partial charge in [-0.2, -0.15) is 0 Å². The topological polar surface area (TPSA) is 69.6 Å². The fourth-order valence-corrected chi connectivity index (χ4v) is 2.14. The maximum absolute atomic E-state index is 12.0. The minimum absolute atomic E-state index is 0.00664. The smallest absolute Gasteiger partial charge is 0.225 e. The van der Waals surface area contributed by atoms with Crippen molar-refractivity contribution >= 4 is 11.8 Å². The molecule has 0 aromatic rings. The van der Waals surface area contributed by atoms with Crippen LogP contribution in [0.5, 0.6) is 0 Å². The summed E-state index contributed by atoms with van der Waals surface area (Å²) in [5.74, 6) is 0.346. The zero-order valence-corrected chi connectivity index (χ0v) is 13.1. The lowest BCUT2D eigenvalue weighted by atomic mass is 9.95. The summed E-state index contributed by atoms with van der Waals surface area (Å²) in [6.07, 6.45) is 1.51.